The summed E-state index contributed by atoms with van der Waals surface area (Å²) >= 11 is 0. The van der Waals surface area contributed by atoms with Gasteiger partial charge in [0, 0.05) is 12.1 Å². The molecule has 2 saturated carbocycles. The summed E-state index contributed by atoms with van der Waals surface area (Å²) in [6.07, 6.45) is 10.0. The van der Waals surface area contributed by atoms with Gasteiger partial charge in [0.25, 0.3) is 0 Å². The van der Waals surface area contributed by atoms with Crippen molar-refractivity contribution in [3.05, 3.63) is 0 Å². The summed E-state index contributed by atoms with van der Waals surface area (Å²) in [5, 5.41) is 3.99. The molecule has 1 heteroatoms. The van der Waals surface area contributed by atoms with Crippen LogP contribution in [-0.4, -0.2) is 12.1 Å². The van der Waals surface area contributed by atoms with E-state index < -0.39 is 0 Å². The summed E-state index contributed by atoms with van der Waals surface area (Å²) in [5.41, 5.74) is 0. The van der Waals surface area contributed by atoms with Gasteiger partial charge in [0.2, 0.25) is 0 Å². The van der Waals surface area contributed by atoms with Crippen LogP contribution in [0.4, 0.5) is 0 Å². The van der Waals surface area contributed by atoms with Crippen molar-refractivity contribution in [1.82, 2.24) is 5.32 Å². The van der Waals surface area contributed by atoms with Crippen LogP contribution >= 0.6 is 0 Å². The van der Waals surface area contributed by atoms with Gasteiger partial charge >= 0.3 is 0 Å². The minimum atomic E-state index is 0.795. The van der Waals surface area contributed by atoms with Crippen molar-refractivity contribution in [2.24, 2.45) is 17.8 Å². The van der Waals surface area contributed by atoms with Crippen LogP contribution in [0.2, 0.25) is 0 Å². The molecule has 4 atom stereocenters. The molecule has 2 aliphatic rings. The van der Waals surface area contributed by atoms with E-state index in [0.29, 0.717) is 0 Å². The summed E-state index contributed by atoms with van der Waals surface area (Å²) in [5.74, 6) is 2.72. The van der Waals surface area contributed by atoms with Crippen LogP contribution in [-0.2, 0) is 0 Å². The highest BCUT2D eigenvalue weighted by molar-refractivity contribution is 4.87. The Morgan fingerprint density at radius 1 is 0.812 bits per heavy atom. The maximum Gasteiger partial charge on any atom is 0.0121 e. The van der Waals surface area contributed by atoms with Gasteiger partial charge in [-0.05, 0) is 43.4 Å². The molecule has 0 aromatic carbocycles. The van der Waals surface area contributed by atoms with E-state index in [0.717, 1.165) is 29.8 Å². The third-order valence-electron chi connectivity index (χ3n) is 4.91. The van der Waals surface area contributed by atoms with Gasteiger partial charge in [-0.3, -0.25) is 0 Å². The average molecular weight is 223 g/mol. The first-order valence-electron chi connectivity index (χ1n) is 7.43. The van der Waals surface area contributed by atoms with Gasteiger partial charge in [-0.1, -0.05) is 40.0 Å². The molecule has 0 saturated heterocycles. The Bertz CT molecular complexity index is 203. The lowest BCUT2D eigenvalue weighted by Gasteiger charge is -2.40. The molecule has 94 valence electrons. The van der Waals surface area contributed by atoms with Crippen LogP contribution in [0.15, 0.2) is 0 Å². The molecule has 2 fully saturated rings. The van der Waals surface area contributed by atoms with Crippen molar-refractivity contribution in [2.75, 3.05) is 0 Å². The molecule has 1 nitrogen and oxygen atoms in total. The second kappa shape index (κ2) is 5.53. The highest BCUT2D eigenvalue weighted by Gasteiger charge is 2.30. The van der Waals surface area contributed by atoms with Crippen LogP contribution < -0.4 is 5.32 Å². The number of nitrogens with one attached hydrogen (secondary N) is 1. The largest absolute Gasteiger partial charge is 0.311 e. The Hall–Kier alpha value is -0.0400. The fourth-order valence-corrected chi connectivity index (χ4v) is 3.87. The highest BCUT2D eigenvalue weighted by atomic mass is 15.0. The lowest BCUT2D eigenvalue weighted by molar-refractivity contribution is 0.169. The molecule has 0 aromatic heterocycles. The zero-order valence-corrected chi connectivity index (χ0v) is 11.3. The maximum absolute atomic E-state index is 3.99. The average Bonchev–Trinajstić information content (AvgIpc) is 2.24. The molecule has 0 spiro atoms. The second-order valence-electron chi connectivity index (χ2n) is 6.55. The Morgan fingerprint density at radius 2 is 1.44 bits per heavy atom. The third-order valence-corrected chi connectivity index (χ3v) is 4.91. The van der Waals surface area contributed by atoms with Crippen LogP contribution in [0.3, 0.4) is 0 Å². The fourth-order valence-electron chi connectivity index (χ4n) is 3.87. The van der Waals surface area contributed by atoms with Gasteiger partial charge in [0.1, 0.15) is 0 Å². The monoisotopic (exact) mass is 223 g/mol. The summed E-state index contributed by atoms with van der Waals surface area (Å²) in [4.78, 5) is 0. The van der Waals surface area contributed by atoms with Crippen molar-refractivity contribution in [2.45, 2.75) is 77.8 Å². The summed E-state index contributed by atoms with van der Waals surface area (Å²) in [7, 11) is 0. The van der Waals surface area contributed by atoms with Crippen molar-refractivity contribution in [3.63, 3.8) is 0 Å². The molecule has 16 heavy (non-hydrogen) atoms. The molecule has 0 radical (unpaired) electrons. The minimum absolute atomic E-state index is 0.795. The van der Waals surface area contributed by atoms with Crippen LogP contribution in [0, 0.1) is 17.8 Å². The van der Waals surface area contributed by atoms with Gasteiger partial charge in [0.15, 0.2) is 0 Å². The zero-order valence-electron chi connectivity index (χ0n) is 11.3. The van der Waals surface area contributed by atoms with E-state index in [-0.39, 0.29) is 0 Å². The van der Waals surface area contributed by atoms with Crippen molar-refractivity contribution in [1.29, 1.82) is 0 Å². The summed E-state index contributed by atoms with van der Waals surface area (Å²) < 4.78 is 0. The van der Waals surface area contributed by atoms with Crippen LogP contribution in [0.1, 0.15) is 65.7 Å². The second-order valence-corrected chi connectivity index (χ2v) is 6.55. The molecule has 0 bridgehead atoms. The molecule has 0 amide bonds. The van der Waals surface area contributed by atoms with E-state index in [9.17, 15) is 0 Å². The van der Waals surface area contributed by atoms with E-state index >= 15 is 0 Å². The minimum Gasteiger partial charge on any atom is -0.311 e. The van der Waals surface area contributed by atoms with Crippen molar-refractivity contribution < 1.29 is 0 Å². The smallest absolute Gasteiger partial charge is 0.0121 e. The molecular formula is C15H29N. The highest BCUT2D eigenvalue weighted by Crippen LogP contribution is 2.31. The Labute approximate surface area is 101 Å². The molecule has 0 aromatic rings. The van der Waals surface area contributed by atoms with E-state index in [1.54, 1.807) is 0 Å². The van der Waals surface area contributed by atoms with Gasteiger partial charge in [-0.2, -0.15) is 0 Å². The van der Waals surface area contributed by atoms with Crippen LogP contribution in [0.25, 0.3) is 0 Å². The predicted molar refractivity (Wildman–Crippen MR) is 70.5 cm³/mol. The van der Waals surface area contributed by atoms with Crippen molar-refractivity contribution >= 4 is 0 Å². The SMILES string of the molecule is CC1CCCC(NC2C(C)CCCC2C)C1. The molecule has 0 heterocycles. The molecule has 1 N–H and O–H groups in total. The predicted octanol–water partition coefficient (Wildman–Crippen LogP) is 3.98. The first kappa shape index (κ1) is 12.4. The van der Waals surface area contributed by atoms with Gasteiger partial charge in [-0.15, -0.1) is 0 Å². The topological polar surface area (TPSA) is 12.0 Å². The quantitative estimate of drug-likeness (QED) is 0.746. The molecule has 0 aliphatic heterocycles. The molecular weight excluding hydrogens is 194 g/mol. The van der Waals surface area contributed by atoms with Gasteiger partial charge < -0.3 is 5.32 Å². The number of hydrogen-bond donors (Lipinski definition) is 1. The Morgan fingerprint density at radius 3 is 2.06 bits per heavy atom. The van der Waals surface area contributed by atoms with E-state index in [1.807, 2.05) is 0 Å². The third kappa shape index (κ3) is 3.00. The standard InChI is InChI=1S/C15H29N/c1-11-6-4-9-14(10-11)16-15-12(2)7-5-8-13(15)3/h11-16H,4-10H2,1-3H3. The summed E-state index contributed by atoms with van der Waals surface area (Å²) in [6, 6.07) is 1.61. The lowest BCUT2D eigenvalue weighted by atomic mass is 9.77. The Kier molecular flexibility index (Phi) is 4.29. The Balaban J connectivity index is 1.86. The first-order valence-corrected chi connectivity index (χ1v) is 7.43. The molecule has 2 aliphatic carbocycles. The maximum atomic E-state index is 3.99. The van der Waals surface area contributed by atoms with Gasteiger partial charge in [0.05, 0.1) is 0 Å². The van der Waals surface area contributed by atoms with E-state index in [1.165, 1.54) is 44.9 Å². The van der Waals surface area contributed by atoms with E-state index in [4.69, 9.17) is 0 Å². The van der Waals surface area contributed by atoms with Crippen LogP contribution in [0.5, 0.6) is 0 Å². The number of rotatable bonds is 2. The lowest BCUT2D eigenvalue weighted by Crippen LogP contribution is -2.48. The normalized spacial score (nSPS) is 45.6. The first-order chi connectivity index (χ1) is 7.66. The zero-order chi connectivity index (χ0) is 11.5. The van der Waals surface area contributed by atoms with E-state index in [2.05, 4.69) is 26.1 Å². The van der Waals surface area contributed by atoms with Crippen molar-refractivity contribution in [3.8, 4) is 0 Å². The summed E-state index contributed by atoms with van der Waals surface area (Å²) in [6.45, 7) is 7.31. The molecule has 2 rings (SSSR count). The van der Waals surface area contributed by atoms with Gasteiger partial charge in [-0.25, -0.2) is 0 Å². The molecule has 4 unspecified atom stereocenters. The fraction of sp³-hybridized carbons (Fsp3) is 1.00. The number of hydrogen-bond acceptors (Lipinski definition) is 1.